The van der Waals surface area contributed by atoms with Gasteiger partial charge < -0.3 is 16.0 Å². The van der Waals surface area contributed by atoms with Gasteiger partial charge in [-0.1, -0.05) is 6.07 Å². The Morgan fingerprint density at radius 3 is 2.35 bits per heavy atom. The van der Waals surface area contributed by atoms with Crippen molar-refractivity contribution in [3.8, 4) is 0 Å². The third-order valence-corrected chi connectivity index (χ3v) is 2.61. The molecule has 0 saturated heterocycles. The van der Waals surface area contributed by atoms with E-state index in [1.54, 1.807) is 6.07 Å². The molecule has 3 N–H and O–H groups in total. The number of carbonyl (C=O) groups is 2. The monoisotopic (exact) mass is 277 g/mol. The van der Waals surface area contributed by atoms with Gasteiger partial charge in [0.25, 0.3) is 0 Å². The lowest BCUT2D eigenvalue weighted by molar-refractivity contribution is -0.116. The first-order valence-electron chi connectivity index (χ1n) is 6.60. The van der Waals surface area contributed by atoms with Crippen LogP contribution in [-0.4, -0.2) is 23.9 Å². The zero-order chi connectivity index (χ0) is 15.3. The quantitative estimate of drug-likeness (QED) is 0.790. The summed E-state index contributed by atoms with van der Waals surface area (Å²) in [6, 6.07) is 5.43. The van der Waals surface area contributed by atoms with Crippen molar-refractivity contribution in [2.45, 2.75) is 40.2 Å². The molecule has 0 aromatic heterocycles. The lowest BCUT2D eigenvalue weighted by Crippen LogP contribution is -2.41. The first kappa shape index (κ1) is 16.2. The Balaban J connectivity index is 2.68. The highest BCUT2D eigenvalue weighted by atomic mass is 16.2. The van der Waals surface area contributed by atoms with E-state index in [9.17, 15) is 9.59 Å². The summed E-state index contributed by atoms with van der Waals surface area (Å²) in [6.45, 7) is 9.60. The van der Waals surface area contributed by atoms with Crippen LogP contribution in [-0.2, 0) is 9.59 Å². The molecular weight excluding hydrogens is 254 g/mol. The summed E-state index contributed by atoms with van der Waals surface area (Å²) < 4.78 is 0. The molecule has 0 radical (unpaired) electrons. The van der Waals surface area contributed by atoms with Gasteiger partial charge in [-0.25, -0.2) is 0 Å². The van der Waals surface area contributed by atoms with Crippen LogP contribution in [0, 0.1) is 6.92 Å². The molecule has 20 heavy (non-hydrogen) atoms. The fourth-order valence-corrected chi connectivity index (χ4v) is 1.57. The standard InChI is InChI=1S/C15H23N3O2/c1-10-6-7-12(8-13(10)17-11(2)19)18-14(20)9-16-15(3,4)5/h6-8,16H,9H2,1-5H3,(H,17,19)(H,18,20). The average Bonchev–Trinajstić information content (AvgIpc) is 2.29. The second kappa shape index (κ2) is 6.52. The van der Waals surface area contributed by atoms with Crippen molar-refractivity contribution < 1.29 is 9.59 Å². The van der Waals surface area contributed by atoms with Gasteiger partial charge in [0, 0.05) is 23.8 Å². The van der Waals surface area contributed by atoms with Crippen LogP contribution in [0.15, 0.2) is 18.2 Å². The second-order valence-electron chi connectivity index (χ2n) is 5.86. The first-order valence-corrected chi connectivity index (χ1v) is 6.60. The maximum atomic E-state index is 11.8. The summed E-state index contributed by atoms with van der Waals surface area (Å²) in [5, 5.41) is 8.66. The highest BCUT2D eigenvalue weighted by Crippen LogP contribution is 2.20. The minimum atomic E-state index is -0.133. The maximum absolute atomic E-state index is 11.8. The zero-order valence-corrected chi connectivity index (χ0v) is 12.8. The average molecular weight is 277 g/mol. The number of aryl methyl sites for hydroxylation is 1. The normalized spacial score (nSPS) is 11.1. The highest BCUT2D eigenvalue weighted by molar-refractivity contribution is 5.94. The molecule has 0 aliphatic rings. The predicted molar refractivity (Wildman–Crippen MR) is 81.9 cm³/mol. The van der Waals surface area contributed by atoms with Crippen molar-refractivity contribution in [3.63, 3.8) is 0 Å². The van der Waals surface area contributed by atoms with E-state index < -0.39 is 0 Å². The number of hydrogen-bond donors (Lipinski definition) is 3. The summed E-state index contributed by atoms with van der Waals surface area (Å²) in [5.74, 6) is -0.247. The Labute approximate surface area is 120 Å². The molecule has 2 amide bonds. The molecule has 0 saturated carbocycles. The van der Waals surface area contributed by atoms with E-state index in [-0.39, 0.29) is 23.9 Å². The van der Waals surface area contributed by atoms with Crippen LogP contribution in [0.3, 0.4) is 0 Å². The molecule has 110 valence electrons. The third kappa shape index (κ3) is 5.84. The molecular formula is C15H23N3O2. The van der Waals surface area contributed by atoms with Crippen molar-refractivity contribution in [2.24, 2.45) is 0 Å². The van der Waals surface area contributed by atoms with Gasteiger partial charge in [0.05, 0.1) is 6.54 Å². The van der Waals surface area contributed by atoms with Crippen molar-refractivity contribution in [2.75, 3.05) is 17.2 Å². The summed E-state index contributed by atoms with van der Waals surface area (Å²) in [5.41, 5.74) is 2.22. The fraction of sp³-hybridized carbons (Fsp3) is 0.467. The molecule has 5 heteroatoms. The number of nitrogens with one attached hydrogen (secondary N) is 3. The van der Waals surface area contributed by atoms with Crippen LogP contribution in [0.5, 0.6) is 0 Å². The first-order chi connectivity index (χ1) is 9.17. The van der Waals surface area contributed by atoms with Gasteiger partial charge in [-0.05, 0) is 45.4 Å². The summed E-state index contributed by atoms with van der Waals surface area (Å²) in [4.78, 5) is 22.9. The molecule has 0 fully saturated rings. The third-order valence-electron chi connectivity index (χ3n) is 2.61. The Morgan fingerprint density at radius 1 is 1.15 bits per heavy atom. The minimum absolute atomic E-state index is 0.105. The number of hydrogen-bond acceptors (Lipinski definition) is 3. The van der Waals surface area contributed by atoms with E-state index in [4.69, 9.17) is 0 Å². The number of amides is 2. The molecule has 5 nitrogen and oxygen atoms in total. The van der Waals surface area contributed by atoms with Gasteiger partial charge in [-0.3, -0.25) is 9.59 Å². The maximum Gasteiger partial charge on any atom is 0.238 e. The predicted octanol–water partition coefficient (Wildman–Crippen LogP) is 2.28. The minimum Gasteiger partial charge on any atom is -0.326 e. The smallest absolute Gasteiger partial charge is 0.238 e. The van der Waals surface area contributed by atoms with Crippen LogP contribution in [0.1, 0.15) is 33.3 Å². The van der Waals surface area contributed by atoms with E-state index in [2.05, 4.69) is 16.0 Å². The van der Waals surface area contributed by atoms with Gasteiger partial charge in [0.2, 0.25) is 11.8 Å². The zero-order valence-electron chi connectivity index (χ0n) is 12.8. The topological polar surface area (TPSA) is 70.2 Å². The highest BCUT2D eigenvalue weighted by Gasteiger charge is 2.11. The molecule has 0 atom stereocenters. The Kier molecular flexibility index (Phi) is 5.27. The molecule has 1 rings (SSSR count). The summed E-state index contributed by atoms with van der Waals surface area (Å²) >= 11 is 0. The van der Waals surface area contributed by atoms with Gasteiger partial charge in [-0.2, -0.15) is 0 Å². The van der Waals surface area contributed by atoms with Crippen LogP contribution < -0.4 is 16.0 Å². The molecule has 0 unspecified atom stereocenters. The van der Waals surface area contributed by atoms with Crippen LogP contribution >= 0.6 is 0 Å². The number of anilines is 2. The number of benzene rings is 1. The molecule has 0 bridgehead atoms. The Bertz CT molecular complexity index is 504. The van der Waals surface area contributed by atoms with Gasteiger partial charge in [-0.15, -0.1) is 0 Å². The van der Waals surface area contributed by atoms with Gasteiger partial charge in [0.15, 0.2) is 0 Å². The van der Waals surface area contributed by atoms with E-state index in [0.29, 0.717) is 11.4 Å². The molecule has 0 spiro atoms. The SMILES string of the molecule is CC(=O)Nc1cc(NC(=O)CNC(C)(C)C)ccc1C. The number of carbonyl (C=O) groups excluding carboxylic acids is 2. The van der Waals surface area contributed by atoms with E-state index in [0.717, 1.165) is 5.56 Å². The Hall–Kier alpha value is -1.88. The van der Waals surface area contributed by atoms with Crippen molar-refractivity contribution in [1.82, 2.24) is 5.32 Å². The van der Waals surface area contributed by atoms with E-state index in [1.807, 2.05) is 39.8 Å². The fourth-order valence-electron chi connectivity index (χ4n) is 1.57. The molecule has 1 aromatic rings. The van der Waals surface area contributed by atoms with Gasteiger partial charge in [0.1, 0.15) is 0 Å². The van der Waals surface area contributed by atoms with Crippen LogP contribution in [0.2, 0.25) is 0 Å². The van der Waals surface area contributed by atoms with Crippen LogP contribution in [0.25, 0.3) is 0 Å². The van der Waals surface area contributed by atoms with Crippen LogP contribution in [0.4, 0.5) is 11.4 Å². The second-order valence-corrected chi connectivity index (χ2v) is 5.86. The van der Waals surface area contributed by atoms with Gasteiger partial charge >= 0.3 is 0 Å². The van der Waals surface area contributed by atoms with Crippen molar-refractivity contribution in [1.29, 1.82) is 0 Å². The molecule has 0 heterocycles. The molecule has 0 aliphatic carbocycles. The summed E-state index contributed by atoms with van der Waals surface area (Å²) in [6.07, 6.45) is 0. The lowest BCUT2D eigenvalue weighted by Gasteiger charge is -2.20. The molecule has 1 aromatic carbocycles. The largest absolute Gasteiger partial charge is 0.326 e. The van der Waals surface area contributed by atoms with E-state index >= 15 is 0 Å². The Morgan fingerprint density at radius 2 is 1.80 bits per heavy atom. The number of rotatable bonds is 4. The summed E-state index contributed by atoms with van der Waals surface area (Å²) in [7, 11) is 0. The van der Waals surface area contributed by atoms with E-state index in [1.165, 1.54) is 6.92 Å². The van der Waals surface area contributed by atoms with Crippen molar-refractivity contribution in [3.05, 3.63) is 23.8 Å². The lowest BCUT2D eigenvalue weighted by atomic mass is 10.1. The van der Waals surface area contributed by atoms with Crippen molar-refractivity contribution >= 4 is 23.2 Å². The molecule has 0 aliphatic heterocycles.